The molecule has 5 heteroatoms. The maximum Gasteiger partial charge on any atom is 0.337 e. The molecular weight excluding hydrogens is 333 g/mol. The van der Waals surface area contributed by atoms with Crippen LogP contribution >= 0.6 is 0 Å². The van der Waals surface area contributed by atoms with E-state index in [0.29, 0.717) is 12.1 Å². The topological polar surface area (TPSA) is 46.6 Å². The summed E-state index contributed by atoms with van der Waals surface area (Å²) in [5.74, 6) is -0.632. The molecule has 136 valence electrons. The van der Waals surface area contributed by atoms with Gasteiger partial charge in [0.2, 0.25) is 5.91 Å². The van der Waals surface area contributed by atoms with Gasteiger partial charge in [-0.1, -0.05) is 30.7 Å². The molecule has 1 amide bonds. The van der Waals surface area contributed by atoms with Crippen LogP contribution in [0.3, 0.4) is 0 Å². The molecule has 0 radical (unpaired) electrons. The second kappa shape index (κ2) is 7.28. The summed E-state index contributed by atoms with van der Waals surface area (Å²) in [5, 5.41) is 0. The minimum atomic E-state index is -0.547. The third-order valence-corrected chi connectivity index (χ3v) is 5.15. The standard InChI is InChI=1S/C21H22FNO3/c1-23(14-15-4-6-16(7-5-15)19(24)26-2)20(25)21(12-3-13-21)17-8-10-18(22)11-9-17/h4-11H,3,12-14H2,1-2H3. The van der Waals surface area contributed by atoms with E-state index >= 15 is 0 Å². The summed E-state index contributed by atoms with van der Waals surface area (Å²) in [4.78, 5) is 26.3. The number of hydrogen-bond acceptors (Lipinski definition) is 3. The molecule has 0 N–H and O–H groups in total. The van der Waals surface area contributed by atoms with Gasteiger partial charge in [0.25, 0.3) is 0 Å². The molecule has 1 aliphatic rings. The number of methoxy groups -OCH3 is 1. The predicted molar refractivity (Wildman–Crippen MR) is 96.2 cm³/mol. The fourth-order valence-corrected chi connectivity index (χ4v) is 3.50. The minimum Gasteiger partial charge on any atom is -0.465 e. The maximum atomic E-state index is 13.2. The molecule has 1 aliphatic carbocycles. The summed E-state index contributed by atoms with van der Waals surface area (Å²) < 4.78 is 17.9. The average molecular weight is 355 g/mol. The largest absolute Gasteiger partial charge is 0.465 e. The first kappa shape index (κ1) is 18.1. The predicted octanol–water partition coefficient (Wildman–Crippen LogP) is 3.69. The molecule has 0 aromatic heterocycles. The van der Waals surface area contributed by atoms with Crippen LogP contribution in [-0.4, -0.2) is 30.9 Å². The van der Waals surface area contributed by atoms with Crippen molar-refractivity contribution < 1.29 is 18.7 Å². The number of likely N-dealkylation sites (N-methyl/N-ethyl adjacent to an activating group) is 1. The van der Waals surface area contributed by atoms with Gasteiger partial charge in [0.1, 0.15) is 5.82 Å². The Morgan fingerprint density at radius 2 is 1.69 bits per heavy atom. The molecule has 1 fully saturated rings. The molecule has 0 saturated heterocycles. The van der Waals surface area contributed by atoms with Gasteiger partial charge in [0.15, 0.2) is 0 Å². The number of halogens is 1. The van der Waals surface area contributed by atoms with E-state index in [0.717, 1.165) is 30.4 Å². The van der Waals surface area contributed by atoms with Crippen LogP contribution in [0.25, 0.3) is 0 Å². The Balaban J connectivity index is 1.74. The Kier molecular flexibility index (Phi) is 5.07. The van der Waals surface area contributed by atoms with Crippen LogP contribution < -0.4 is 0 Å². The van der Waals surface area contributed by atoms with E-state index in [1.807, 2.05) is 12.1 Å². The van der Waals surface area contributed by atoms with Gasteiger partial charge in [-0.05, 0) is 48.2 Å². The van der Waals surface area contributed by atoms with Crippen molar-refractivity contribution in [3.8, 4) is 0 Å². The fraction of sp³-hybridized carbons (Fsp3) is 0.333. The molecule has 4 nitrogen and oxygen atoms in total. The molecule has 2 aromatic carbocycles. The van der Waals surface area contributed by atoms with Gasteiger partial charge in [-0.2, -0.15) is 0 Å². The van der Waals surface area contributed by atoms with E-state index < -0.39 is 5.41 Å². The van der Waals surface area contributed by atoms with Crippen molar-refractivity contribution in [3.63, 3.8) is 0 Å². The van der Waals surface area contributed by atoms with Crippen LogP contribution in [0.15, 0.2) is 48.5 Å². The molecule has 0 spiro atoms. The summed E-state index contributed by atoms with van der Waals surface area (Å²) in [6, 6.07) is 13.3. The van der Waals surface area contributed by atoms with Crippen molar-refractivity contribution in [1.29, 1.82) is 0 Å². The van der Waals surface area contributed by atoms with Gasteiger partial charge in [0, 0.05) is 13.6 Å². The Labute approximate surface area is 152 Å². The highest BCUT2D eigenvalue weighted by Gasteiger charge is 2.46. The normalized spacial score (nSPS) is 15.0. The van der Waals surface area contributed by atoms with Crippen LogP contribution in [0.1, 0.15) is 40.7 Å². The van der Waals surface area contributed by atoms with Crippen LogP contribution in [0.2, 0.25) is 0 Å². The van der Waals surface area contributed by atoms with Crippen molar-refractivity contribution in [2.45, 2.75) is 31.2 Å². The number of benzene rings is 2. The van der Waals surface area contributed by atoms with E-state index in [-0.39, 0.29) is 17.7 Å². The summed E-state index contributed by atoms with van der Waals surface area (Å²) in [6.07, 6.45) is 2.55. The van der Waals surface area contributed by atoms with Crippen LogP contribution in [0.5, 0.6) is 0 Å². The van der Waals surface area contributed by atoms with E-state index in [1.54, 1.807) is 36.2 Å². The summed E-state index contributed by atoms with van der Waals surface area (Å²) >= 11 is 0. The number of esters is 1. The van der Waals surface area contributed by atoms with Crippen molar-refractivity contribution in [2.24, 2.45) is 0 Å². The zero-order chi connectivity index (χ0) is 18.7. The Hall–Kier alpha value is -2.69. The maximum absolute atomic E-state index is 13.2. The lowest BCUT2D eigenvalue weighted by Gasteiger charge is -2.43. The summed E-state index contributed by atoms with van der Waals surface area (Å²) in [5.41, 5.74) is 1.74. The molecule has 0 heterocycles. The fourth-order valence-electron chi connectivity index (χ4n) is 3.50. The van der Waals surface area contributed by atoms with Crippen molar-refractivity contribution in [2.75, 3.05) is 14.2 Å². The number of hydrogen-bond donors (Lipinski definition) is 0. The SMILES string of the molecule is COC(=O)c1ccc(CN(C)C(=O)C2(c3ccc(F)cc3)CCC2)cc1. The Morgan fingerprint density at radius 1 is 1.08 bits per heavy atom. The van der Waals surface area contributed by atoms with Crippen molar-refractivity contribution in [3.05, 3.63) is 71.0 Å². The summed E-state index contributed by atoms with van der Waals surface area (Å²) in [7, 11) is 3.12. The Morgan fingerprint density at radius 3 is 2.19 bits per heavy atom. The monoisotopic (exact) mass is 355 g/mol. The molecule has 0 bridgehead atoms. The van der Waals surface area contributed by atoms with Crippen LogP contribution in [0, 0.1) is 5.82 Å². The van der Waals surface area contributed by atoms with Crippen molar-refractivity contribution in [1.82, 2.24) is 4.90 Å². The lowest BCUT2D eigenvalue weighted by atomic mass is 9.63. The number of rotatable bonds is 5. The minimum absolute atomic E-state index is 0.0485. The van der Waals surface area contributed by atoms with Crippen LogP contribution in [-0.2, 0) is 21.5 Å². The van der Waals surface area contributed by atoms with Gasteiger partial charge >= 0.3 is 5.97 Å². The van der Waals surface area contributed by atoms with E-state index in [4.69, 9.17) is 0 Å². The van der Waals surface area contributed by atoms with Gasteiger partial charge < -0.3 is 9.64 Å². The van der Waals surface area contributed by atoms with Gasteiger partial charge in [-0.25, -0.2) is 9.18 Å². The average Bonchev–Trinajstić information content (AvgIpc) is 2.62. The first-order valence-electron chi connectivity index (χ1n) is 8.65. The third kappa shape index (κ3) is 3.34. The van der Waals surface area contributed by atoms with Crippen molar-refractivity contribution >= 4 is 11.9 Å². The number of carbonyl (C=O) groups is 2. The first-order chi connectivity index (χ1) is 12.5. The number of nitrogens with zero attached hydrogens (tertiary/aromatic N) is 1. The highest BCUT2D eigenvalue weighted by atomic mass is 19.1. The molecule has 0 aliphatic heterocycles. The number of ether oxygens (including phenoxy) is 1. The zero-order valence-electron chi connectivity index (χ0n) is 15.0. The molecule has 3 rings (SSSR count). The third-order valence-electron chi connectivity index (χ3n) is 5.15. The Bertz CT molecular complexity index is 795. The lowest BCUT2D eigenvalue weighted by Crippen LogP contribution is -2.49. The number of amides is 1. The molecule has 1 saturated carbocycles. The molecular formula is C21H22FNO3. The first-order valence-corrected chi connectivity index (χ1v) is 8.65. The van der Waals surface area contributed by atoms with E-state index in [2.05, 4.69) is 4.74 Å². The molecule has 2 aromatic rings. The molecule has 0 unspecified atom stereocenters. The zero-order valence-corrected chi connectivity index (χ0v) is 15.0. The van der Waals surface area contributed by atoms with Gasteiger partial charge in [-0.3, -0.25) is 4.79 Å². The smallest absolute Gasteiger partial charge is 0.337 e. The van der Waals surface area contributed by atoms with E-state index in [1.165, 1.54) is 19.2 Å². The lowest BCUT2D eigenvalue weighted by molar-refractivity contribution is -0.140. The molecule has 0 atom stereocenters. The van der Waals surface area contributed by atoms with Gasteiger partial charge in [0.05, 0.1) is 18.1 Å². The second-order valence-corrected chi connectivity index (χ2v) is 6.79. The second-order valence-electron chi connectivity index (χ2n) is 6.79. The van der Waals surface area contributed by atoms with Gasteiger partial charge in [-0.15, -0.1) is 0 Å². The molecule has 26 heavy (non-hydrogen) atoms. The van der Waals surface area contributed by atoms with Crippen LogP contribution in [0.4, 0.5) is 4.39 Å². The highest BCUT2D eigenvalue weighted by molar-refractivity contribution is 5.90. The highest BCUT2D eigenvalue weighted by Crippen LogP contribution is 2.45. The van der Waals surface area contributed by atoms with E-state index in [9.17, 15) is 14.0 Å². The number of carbonyl (C=O) groups excluding carboxylic acids is 2. The quantitative estimate of drug-likeness (QED) is 0.769. The summed E-state index contributed by atoms with van der Waals surface area (Å²) in [6.45, 7) is 0.448.